The molecule has 4 nitrogen and oxygen atoms in total. The fourth-order valence-electron chi connectivity index (χ4n) is 2.84. The van der Waals surface area contributed by atoms with Crippen molar-refractivity contribution in [2.75, 3.05) is 20.6 Å². The van der Waals surface area contributed by atoms with Gasteiger partial charge in [-0.05, 0) is 51.9 Å². The molecule has 1 saturated carbocycles. The number of hydrogen-bond acceptors (Lipinski definition) is 4. The molecule has 0 N–H and O–H groups in total. The fraction of sp³-hybridized carbons (Fsp3) is 0.615. The first kappa shape index (κ1) is 14.4. The molecule has 0 aliphatic heterocycles. The number of thiophene rings is 1. The second-order valence-corrected chi connectivity index (χ2v) is 6.30. The van der Waals surface area contributed by atoms with Gasteiger partial charge in [0.15, 0.2) is 5.13 Å². The van der Waals surface area contributed by atoms with Gasteiger partial charge in [-0.25, -0.2) is 0 Å². The van der Waals surface area contributed by atoms with Crippen LogP contribution in [0.25, 0.3) is 0 Å². The van der Waals surface area contributed by atoms with Gasteiger partial charge in [0, 0.05) is 15.7 Å². The van der Waals surface area contributed by atoms with Crippen LogP contribution in [0.3, 0.4) is 0 Å². The van der Waals surface area contributed by atoms with E-state index in [9.17, 15) is 14.5 Å². The molecule has 1 aliphatic carbocycles. The lowest BCUT2D eigenvalue weighted by Crippen LogP contribution is -2.44. The molecule has 19 heavy (non-hydrogen) atoms. The predicted molar refractivity (Wildman–Crippen MR) is 73.2 cm³/mol. The number of halogens is 1. The summed E-state index contributed by atoms with van der Waals surface area (Å²) in [5.74, 6) is 1.000. The molecular formula is C13H18FN2O2S. The van der Waals surface area contributed by atoms with Gasteiger partial charge in [0.25, 0.3) is 0 Å². The van der Waals surface area contributed by atoms with E-state index in [2.05, 4.69) is 4.90 Å². The predicted octanol–water partition coefficient (Wildman–Crippen LogP) is 3.07. The molecule has 1 aromatic rings. The average molecular weight is 285 g/mol. The van der Waals surface area contributed by atoms with Crippen molar-refractivity contribution in [3.8, 4) is 0 Å². The van der Waals surface area contributed by atoms with Gasteiger partial charge in [-0.2, -0.15) is 4.39 Å². The summed E-state index contributed by atoms with van der Waals surface area (Å²) in [6.07, 6.45) is 3.14. The van der Waals surface area contributed by atoms with Crippen LogP contribution in [0.2, 0.25) is 0 Å². The van der Waals surface area contributed by atoms with Gasteiger partial charge in [-0.15, -0.1) is 11.3 Å². The van der Waals surface area contributed by atoms with Gasteiger partial charge in [-0.3, -0.25) is 15.0 Å². The van der Waals surface area contributed by atoms with Crippen molar-refractivity contribution in [1.82, 2.24) is 4.90 Å². The average Bonchev–Trinajstić information content (AvgIpc) is 2.76. The first-order chi connectivity index (χ1) is 8.94. The van der Waals surface area contributed by atoms with E-state index in [-0.39, 0.29) is 22.1 Å². The normalized spacial score (nSPS) is 19.8. The van der Waals surface area contributed by atoms with E-state index in [4.69, 9.17) is 0 Å². The van der Waals surface area contributed by atoms with Crippen molar-refractivity contribution < 1.29 is 9.31 Å². The summed E-state index contributed by atoms with van der Waals surface area (Å²) in [6.45, 7) is -0.0255. The topological polar surface area (TPSA) is 46.4 Å². The second kappa shape index (κ2) is 5.54. The lowest BCUT2D eigenvalue weighted by molar-refractivity contribution is -0.476. The molecule has 0 spiro atoms. The minimum absolute atomic E-state index is 0.0255. The smallest absolute Gasteiger partial charge is 0.210 e. The summed E-state index contributed by atoms with van der Waals surface area (Å²) in [7, 11) is 3.99. The van der Waals surface area contributed by atoms with Crippen molar-refractivity contribution in [3.05, 3.63) is 38.2 Å². The van der Waals surface area contributed by atoms with E-state index in [1.165, 1.54) is 17.4 Å². The summed E-state index contributed by atoms with van der Waals surface area (Å²) in [5, 5.41) is 10.4. The molecule has 0 atom stereocenters. The van der Waals surface area contributed by atoms with Gasteiger partial charge in [0.2, 0.25) is 6.54 Å². The van der Waals surface area contributed by atoms with Crippen LogP contribution in [0, 0.1) is 21.2 Å². The third kappa shape index (κ3) is 2.95. The minimum atomic E-state index is -0.261. The summed E-state index contributed by atoms with van der Waals surface area (Å²) in [5.41, 5.74) is -0.172. The van der Waals surface area contributed by atoms with Gasteiger partial charge in [0.1, 0.15) is 0 Å². The Balaban J connectivity index is 2.14. The first-order valence-electron chi connectivity index (χ1n) is 6.33. The molecule has 105 valence electrons. The van der Waals surface area contributed by atoms with E-state index in [1.54, 1.807) is 0 Å². The van der Waals surface area contributed by atoms with Crippen molar-refractivity contribution >= 4 is 11.3 Å². The molecule has 1 heterocycles. The van der Waals surface area contributed by atoms with Crippen LogP contribution < -0.4 is 0 Å². The van der Waals surface area contributed by atoms with Crippen LogP contribution >= 0.6 is 11.3 Å². The maximum Gasteiger partial charge on any atom is 0.210 e. The van der Waals surface area contributed by atoms with E-state index >= 15 is 0 Å². The van der Waals surface area contributed by atoms with Crippen LogP contribution in [-0.2, 0) is 5.54 Å². The molecule has 2 rings (SSSR count). The Morgan fingerprint density at radius 2 is 2.05 bits per heavy atom. The Hall–Kier alpha value is -1.01. The van der Waals surface area contributed by atoms with Crippen molar-refractivity contribution in [1.29, 1.82) is 0 Å². The number of nitrogens with zero attached hydrogens (tertiary/aromatic N) is 2. The van der Waals surface area contributed by atoms with Crippen molar-refractivity contribution in [3.63, 3.8) is 0 Å². The van der Waals surface area contributed by atoms with E-state index in [1.807, 2.05) is 20.2 Å². The van der Waals surface area contributed by atoms with Crippen LogP contribution in [0.1, 0.15) is 30.6 Å². The fourth-order valence-corrected chi connectivity index (χ4v) is 3.90. The van der Waals surface area contributed by atoms with Crippen molar-refractivity contribution in [2.24, 2.45) is 0 Å². The number of rotatable bonds is 4. The zero-order chi connectivity index (χ0) is 14.0. The molecule has 0 bridgehead atoms. The Kier molecular flexibility index (Phi) is 4.20. The zero-order valence-electron chi connectivity index (χ0n) is 11.2. The summed E-state index contributed by atoms with van der Waals surface area (Å²) < 4.78 is 13.3. The number of hydrogen-bond donors (Lipinski definition) is 0. The standard InChI is InChI=1S/C13H18FN2O2S/c1-15(2)13(11-3-4-12(14)19-11)7-5-10(6-8-13)9-16(17)18/h3-4H,5-9H2,1-2H3. The Labute approximate surface area is 116 Å². The van der Waals surface area contributed by atoms with Gasteiger partial charge >= 0.3 is 0 Å². The third-order valence-electron chi connectivity index (χ3n) is 4.02. The molecule has 6 heteroatoms. The highest BCUT2D eigenvalue weighted by molar-refractivity contribution is 7.10. The maximum atomic E-state index is 13.3. The van der Waals surface area contributed by atoms with Gasteiger partial charge < -0.3 is 0 Å². The molecule has 1 fully saturated rings. The summed E-state index contributed by atoms with van der Waals surface area (Å²) in [6, 6.07) is 3.35. The Morgan fingerprint density at radius 1 is 1.42 bits per heavy atom. The zero-order valence-corrected chi connectivity index (χ0v) is 12.0. The summed E-state index contributed by atoms with van der Waals surface area (Å²) in [4.78, 5) is 13.5. The first-order valence-corrected chi connectivity index (χ1v) is 7.14. The molecule has 0 aromatic carbocycles. The van der Waals surface area contributed by atoms with Crippen molar-refractivity contribution in [2.45, 2.75) is 31.2 Å². The Bertz CT molecular complexity index is 453. The quantitative estimate of drug-likeness (QED) is 0.631. The molecule has 0 unspecified atom stereocenters. The maximum absolute atomic E-state index is 13.3. The number of nitro groups is 1. The van der Waals surface area contributed by atoms with E-state index in [0.717, 1.165) is 36.5 Å². The van der Waals surface area contributed by atoms with E-state index < -0.39 is 0 Å². The minimum Gasteiger partial charge on any atom is -0.299 e. The molecular weight excluding hydrogens is 267 g/mol. The molecule has 0 saturated heterocycles. The van der Waals surface area contributed by atoms with Gasteiger partial charge in [-0.1, -0.05) is 0 Å². The highest BCUT2D eigenvalue weighted by Crippen LogP contribution is 2.45. The largest absolute Gasteiger partial charge is 0.299 e. The van der Waals surface area contributed by atoms with Crippen LogP contribution in [0.4, 0.5) is 4.39 Å². The highest BCUT2D eigenvalue weighted by Gasteiger charge is 2.41. The Morgan fingerprint density at radius 3 is 2.47 bits per heavy atom. The summed E-state index contributed by atoms with van der Waals surface area (Å²) >= 11 is 1.19. The molecule has 1 radical (unpaired) electrons. The van der Waals surface area contributed by atoms with Crippen LogP contribution in [0.15, 0.2) is 12.1 Å². The van der Waals surface area contributed by atoms with Crippen LogP contribution in [-0.4, -0.2) is 30.5 Å². The van der Waals surface area contributed by atoms with E-state index in [0.29, 0.717) is 0 Å². The second-order valence-electron chi connectivity index (χ2n) is 5.27. The third-order valence-corrected chi connectivity index (χ3v) is 5.09. The molecule has 1 aliphatic rings. The SMILES string of the molecule is CN(C)C1(c2ccc(F)s2)CC[C](C[N+](=O)[O-])CC1. The highest BCUT2D eigenvalue weighted by atomic mass is 32.1. The molecule has 0 amide bonds. The lowest BCUT2D eigenvalue weighted by Gasteiger charge is -2.43. The van der Waals surface area contributed by atoms with Gasteiger partial charge in [0.05, 0.1) is 5.54 Å². The molecule has 1 aromatic heterocycles. The van der Waals surface area contributed by atoms with Crippen LogP contribution in [0.5, 0.6) is 0 Å². The lowest BCUT2D eigenvalue weighted by atomic mass is 9.75. The monoisotopic (exact) mass is 285 g/mol.